The summed E-state index contributed by atoms with van der Waals surface area (Å²) in [5.74, 6) is 0.831. The van der Waals surface area contributed by atoms with Gasteiger partial charge in [-0.2, -0.15) is 0 Å². The highest BCUT2D eigenvalue weighted by Crippen LogP contribution is 2.34. The Hall–Kier alpha value is -1.55. The van der Waals surface area contributed by atoms with Gasteiger partial charge < -0.3 is 15.4 Å². The summed E-state index contributed by atoms with van der Waals surface area (Å²) in [6.07, 6.45) is 1.60. The van der Waals surface area contributed by atoms with Crippen molar-refractivity contribution in [2.45, 2.75) is 24.9 Å². The van der Waals surface area contributed by atoms with Gasteiger partial charge in [0, 0.05) is 13.6 Å². The summed E-state index contributed by atoms with van der Waals surface area (Å²) in [6, 6.07) is 7.71. The molecule has 4 heteroatoms. The third-order valence-electron chi connectivity index (χ3n) is 3.12. The second kappa shape index (κ2) is 4.37. The summed E-state index contributed by atoms with van der Waals surface area (Å²) in [6.45, 7) is 0.564. The van der Waals surface area contributed by atoms with Gasteiger partial charge in [0.25, 0.3) is 0 Å². The monoisotopic (exact) mass is 234 g/mol. The van der Waals surface area contributed by atoms with Crippen LogP contribution in [0.5, 0.6) is 5.75 Å². The molecule has 1 amide bonds. The maximum absolute atomic E-state index is 12.0. The van der Waals surface area contributed by atoms with Crippen molar-refractivity contribution in [2.24, 2.45) is 5.73 Å². The van der Waals surface area contributed by atoms with Gasteiger partial charge in [-0.15, -0.1) is 0 Å². The average molecular weight is 234 g/mol. The van der Waals surface area contributed by atoms with Crippen molar-refractivity contribution in [3.8, 4) is 5.75 Å². The maximum atomic E-state index is 12.0. The molecule has 0 bridgehead atoms. The third kappa shape index (κ3) is 2.58. The summed E-state index contributed by atoms with van der Waals surface area (Å²) < 4.78 is 5.15. The maximum Gasteiger partial charge on any atom is 0.242 e. The van der Waals surface area contributed by atoms with Crippen LogP contribution >= 0.6 is 0 Å². The Balaban J connectivity index is 2.02. The fourth-order valence-electron chi connectivity index (χ4n) is 1.85. The van der Waals surface area contributed by atoms with Crippen LogP contribution in [0.3, 0.4) is 0 Å². The molecule has 92 valence electrons. The largest absolute Gasteiger partial charge is 0.497 e. The summed E-state index contributed by atoms with van der Waals surface area (Å²) in [5.41, 5.74) is 6.34. The van der Waals surface area contributed by atoms with Crippen LogP contribution in [0.4, 0.5) is 0 Å². The Labute approximate surface area is 101 Å². The van der Waals surface area contributed by atoms with E-state index in [9.17, 15) is 4.79 Å². The zero-order valence-corrected chi connectivity index (χ0v) is 10.3. The molecule has 17 heavy (non-hydrogen) atoms. The Morgan fingerprint density at radius 1 is 1.53 bits per heavy atom. The van der Waals surface area contributed by atoms with Crippen molar-refractivity contribution < 1.29 is 9.53 Å². The summed E-state index contributed by atoms with van der Waals surface area (Å²) in [7, 11) is 3.42. The van der Waals surface area contributed by atoms with Crippen LogP contribution in [0, 0.1) is 0 Å². The molecule has 1 aromatic rings. The first kappa shape index (κ1) is 11.9. The van der Waals surface area contributed by atoms with Crippen molar-refractivity contribution in [1.82, 2.24) is 4.90 Å². The Morgan fingerprint density at radius 2 is 2.24 bits per heavy atom. The Bertz CT molecular complexity index is 427. The number of amides is 1. The molecule has 2 rings (SSSR count). The molecule has 0 aliphatic heterocycles. The molecular formula is C13H18N2O2. The molecule has 0 heterocycles. The fourth-order valence-corrected chi connectivity index (χ4v) is 1.85. The number of rotatable bonds is 4. The molecule has 0 atom stereocenters. The molecule has 0 aromatic heterocycles. The first-order valence-electron chi connectivity index (χ1n) is 5.72. The molecule has 1 aromatic carbocycles. The minimum atomic E-state index is -0.590. The molecule has 0 spiro atoms. The normalized spacial score (nSPS) is 16.4. The number of carbonyl (C=O) groups is 1. The van der Waals surface area contributed by atoms with E-state index in [1.165, 1.54) is 0 Å². The van der Waals surface area contributed by atoms with Gasteiger partial charge in [-0.25, -0.2) is 0 Å². The first-order valence-corrected chi connectivity index (χ1v) is 5.72. The minimum absolute atomic E-state index is 0.0281. The van der Waals surface area contributed by atoms with Crippen LogP contribution in [0.1, 0.15) is 18.4 Å². The summed E-state index contributed by atoms with van der Waals surface area (Å²) in [4.78, 5) is 13.6. The van der Waals surface area contributed by atoms with Gasteiger partial charge in [-0.05, 0) is 30.5 Å². The average Bonchev–Trinajstić information content (AvgIpc) is 3.08. The van der Waals surface area contributed by atoms with E-state index >= 15 is 0 Å². The molecule has 1 saturated carbocycles. The van der Waals surface area contributed by atoms with E-state index in [-0.39, 0.29) is 5.91 Å². The van der Waals surface area contributed by atoms with Gasteiger partial charge in [-0.3, -0.25) is 4.79 Å². The minimum Gasteiger partial charge on any atom is -0.497 e. The predicted molar refractivity (Wildman–Crippen MR) is 65.6 cm³/mol. The van der Waals surface area contributed by atoms with Gasteiger partial charge in [0.05, 0.1) is 12.6 Å². The van der Waals surface area contributed by atoms with Crippen LogP contribution in [0.15, 0.2) is 24.3 Å². The number of likely N-dealkylation sites (N-methyl/N-ethyl adjacent to an activating group) is 1. The molecule has 0 saturated heterocycles. The van der Waals surface area contributed by atoms with Crippen molar-refractivity contribution in [3.63, 3.8) is 0 Å². The highest BCUT2D eigenvalue weighted by Gasteiger charge is 2.47. The number of ether oxygens (including phenoxy) is 1. The van der Waals surface area contributed by atoms with Gasteiger partial charge in [-0.1, -0.05) is 12.1 Å². The molecule has 2 N–H and O–H groups in total. The highest BCUT2D eigenvalue weighted by atomic mass is 16.5. The van der Waals surface area contributed by atoms with E-state index in [4.69, 9.17) is 10.5 Å². The van der Waals surface area contributed by atoms with Crippen LogP contribution in [0.25, 0.3) is 0 Å². The van der Waals surface area contributed by atoms with Crippen molar-refractivity contribution in [3.05, 3.63) is 29.8 Å². The SMILES string of the molecule is COc1cccc(CN(C)C(=O)C2(N)CC2)c1. The van der Waals surface area contributed by atoms with E-state index in [2.05, 4.69) is 0 Å². The number of methoxy groups -OCH3 is 1. The van der Waals surface area contributed by atoms with Gasteiger partial charge in [0.1, 0.15) is 5.75 Å². The number of nitrogens with two attached hydrogens (primary N) is 1. The van der Waals surface area contributed by atoms with Gasteiger partial charge in [0.2, 0.25) is 5.91 Å². The van der Waals surface area contributed by atoms with Crippen LogP contribution < -0.4 is 10.5 Å². The van der Waals surface area contributed by atoms with E-state index < -0.39 is 5.54 Å². The molecule has 4 nitrogen and oxygen atoms in total. The molecular weight excluding hydrogens is 216 g/mol. The van der Waals surface area contributed by atoms with Crippen LogP contribution in [-0.4, -0.2) is 30.5 Å². The molecule has 0 unspecified atom stereocenters. The topological polar surface area (TPSA) is 55.6 Å². The second-order valence-electron chi connectivity index (χ2n) is 4.67. The van der Waals surface area contributed by atoms with Crippen molar-refractivity contribution in [2.75, 3.05) is 14.2 Å². The predicted octanol–water partition coefficient (Wildman–Crippen LogP) is 1.14. The zero-order valence-electron chi connectivity index (χ0n) is 10.3. The fraction of sp³-hybridized carbons (Fsp3) is 0.462. The van der Waals surface area contributed by atoms with E-state index in [0.29, 0.717) is 6.54 Å². The molecule has 1 aliphatic carbocycles. The van der Waals surface area contributed by atoms with Crippen LogP contribution in [0.2, 0.25) is 0 Å². The Kier molecular flexibility index (Phi) is 3.07. The lowest BCUT2D eigenvalue weighted by atomic mass is 10.2. The number of carbonyl (C=O) groups excluding carboxylic acids is 1. The summed E-state index contributed by atoms with van der Waals surface area (Å²) in [5, 5.41) is 0. The quantitative estimate of drug-likeness (QED) is 0.850. The number of nitrogens with zero attached hydrogens (tertiary/aromatic N) is 1. The standard InChI is InChI=1S/C13H18N2O2/c1-15(12(16)13(14)6-7-13)9-10-4-3-5-11(8-10)17-2/h3-5,8H,6-7,9,14H2,1-2H3. The smallest absolute Gasteiger partial charge is 0.242 e. The lowest BCUT2D eigenvalue weighted by Crippen LogP contribution is -2.43. The molecule has 0 radical (unpaired) electrons. The van der Waals surface area contributed by atoms with Crippen molar-refractivity contribution >= 4 is 5.91 Å². The lowest BCUT2D eigenvalue weighted by Gasteiger charge is -2.21. The van der Waals surface area contributed by atoms with E-state index in [1.807, 2.05) is 24.3 Å². The lowest BCUT2D eigenvalue weighted by molar-refractivity contribution is -0.132. The summed E-state index contributed by atoms with van der Waals surface area (Å²) >= 11 is 0. The Morgan fingerprint density at radius 3 is 2.82 bits per heavy atom. The van der Waals surface area contributed by atoms with E-state index in [1.54, 1.807) is 19.1 Å². The number of benzene rings is 1. The second-order valence-corrected chi connectivity index (χ2v) is 4.67. The van der Waals surface area contributed by atoms with Crippen LogP contribution in [-0.2, 0) is 11.3 Å². The number of hydrogen-bond acceptors (Lipinski definition) is 3. The number of hydrogen-bond donors (Lipinski definition) is 1. The molecule has 1 fully saturated rings. The van der Waals surface area contributed by atoms with Crippen molar-refractivity contribution in [1.29, 1.82) is 0 Å². The van der Waals surface area contributed by atoms with E-state index in [0.717, 1.165) is 24.2 Å². The molecule has 1 aliphatic rings. The highest BCUT2D eigenvalue weighted by molar-refractivity contribution is 5.88. The zero-order chi connectivity index (χ0) is 12.5. The van der Waals surface area contributed by atoms with Gasteiger partial charge >= 0.3 is 0 Å². The first-order chi connectivity index (χ1) is 8.05. The van der Waals surface area contributed by atoms with Gasteiger partial charge in [0.15, 0.2) is 0 Å². The third-order valence-corrected chi connectivity index (χ3v) is 3.12.